The minimum Gasteiger partial charge on any atom is -0.468 e. The topological polar surface area (TPSA) is 25.2 Å². The highest BCUT2D eigenvalue weighted by molar-refractivity contribution is 5.24. The normalized spacial score (nSPS) is 12.6. The van der Waals surface area contributed by atoms with Crippen molar-refractivity contribution in [2.24, 2.45) is 0 Å². The van der Waals surface area contributed by atoms with Crippen molar-refractivity contribution in [3.05, 3.63) is 59.0 Å². The molecule has 1 N–H and O–H groups in total. The summed E-state index contributed by atoms with van der Waals surface area (Å²) in [7, 11) is 0. The molecule has 1 aromatic carbocycles. The molecule has 2 heteroatoms. The predicted octanol–water partition coefficient (Wildman–Crippen LogP) is 3.75. The molecule has 0 saturated carbocycles. The van der Waals surface area contributed by atoms with Gasteiger partial charge in [-0.1, -0.05) is 29.8 Å². The maximum absolute atomic E-state index is 5.41. The Hall–Kier alpha value is -1.54. The van der Waals surface area contributed by atoms with E-state index >= 15 is 0 Å². The zero-order valence-corrected chi connectivity index (χ0v) is 10.7. The SMILES string of the molecule is Cc1cccc([C@H](C)NCc2occc2C)c1. The van der Waals surface area contributed by atoms with Gasteiger partial charge in [-0.25, -0.2) is 0 Å². The molecule has 0 bridgehead atoms. The lowest BCUT2D eigenvalue weighted by molar-refractivity contribution is 0.458. The third kappa shape index (κ3) is 2.98. The molecule has 2 aromatic rings. The van der Waals surface area contributed by atoms with Crippen LogP contribution in [0.15, 0.2) is 41.0 Å². The molecule has 1 aromatic heterocycles. The summed E-state index contributed by atoms with van der Waals surface area (Å²) in [6, 6.07) is 10.9. The summed E-state index contributed by atoms with van der Waals surface area (Å²) >= 11 is 0. The van der Waals surface area contributed by atoms with Crippen molar-refractivity contribution in [3.63, 3.8) is 0 Å². The molecule has 0 aliphatic rings. The van der Waals surface area contributed by atoms with Gasteiger partial charge in [0.15, 0.2) is 0 Å². The Morgan fingerprint density at radius 1 is 1.24 bits per heavy atom. The molecule has 0 amide bonds. The average molecular weight is 229 g/mol. The fourth-order valence-corrected chi connectivity index (χ4v) is 1.89. The molecule has 2 rings (SSSR count). The highest BCUT2D eigenvalue weighted by atomic mass is 16.3. The van der Waals surface area contributed by atoms with Crippen LogP contribution in [0.25, 0.3) is 0 Å². The minimum absolute atomic E-state index is 0.333. The van der Waals surface area contributed by atoms with Crippen LogP contribution in [0.4, 0.5) is 0 Å². The number of furan rings is 1. The van der Waals surface area contributed by atoms with Crippen LogP contribution < -0.4 is 5.32 Å². The molecule has 2 nitrogen and oxygen atoms in total. The molecule has 0 aliphatic carbocycles. The van der Waals surface area contributed by atoms with Crippen LogP contribution >= 0.6 is 0 Å². The van der Waals surface area contributed by atoms with E-state index in [1.54, 1.807) is 6.26 Å². The first-order valence-electron chi connectivity index (χ1n) is 6.00. The van der Waals surface area contributed by atoms with Gasteiger partial charge in [-0.2, -0.15) is 0 Å². The molecule has 0 spiro atoms. The summed E-state index contributed by atoms with van der Waals surface area (Å²) in [5, 5.41) is 3.48. The quantitative estimate of drug-likeness (QED) is 0.863. The monoisotopic (exact) mass is 229 g/mol. The van der Waals surface area contributed by atoms with Gasteiger partial charge in [0.2, 0.25) is 0 Å². The number of hydrogen-bond acceptors (Lipinski definition) is 2. The van der Waals surface area contributed by atoms with Gasteiger partial charge in [-0.15, -0.1) is 0 Å². The number of benzene rings is 1. The predicted molar refractivity (Wildman–Crippen MR) is 69.9 cm³/mol. The van der Waals surface area contributed by atoms with Crippen LogP contribution in [0.1, 0.15) is 35.4 Å². The van der Waals surface area contributed by atoms with Gasteiger partial charge in [-0.3, -0.25) is 0 Å². The van der Waals surface area contributed by atoms with Crippen molar-refractivity contribution in [2.45, 2.75) is 33.4 Å². The largest absolute Gasteiger partial charge is 0.468 e. The second-order valence-electron chi connectivity index (χ2n) is 4.54. The summed E-state index contributed by atoms with van der Waals surface area (Å²) < 4.78 is 5.41. The van der Waals surface area contributed by atoms with E-state index in [1.165, 1.54) is 16.7 Å². The van der Waals surface area contributed by atoms with E-state index in [4.69, 9.17) is 4.42 Å². The van der Waals surface area contributed by atoms with Crippen LogP contribution in [0, 0.1) is 13.8 Å². The highest BCUT2D eigenvalue weighted by Crippen LogP contribution is 2.15. The third-order valence-corrected chi connectivity index (χ3v) is 3.08. The second-order valence-corrected chi connectivity index (χ2v) is 4.54. The minimum atomic E-state index is 0.333. The van der Waals surface area contributed by atoms with Gasteiger partial charge in [0, 0.05) is 6.04 Å². The lowest BCUT2D eigenvalue weighted by atomic mass is 10.1. The summed E-state index contributed by atoms with van der Waals surface area (Å²) in [5.41, 5.74) is 3.81. The first-order chi connectivity index (χ1) is 8.16. The van der Waals surface area contributed by atoms with Gasteiger partial charge in [0.05, 0.1) is 12.8 Å². The first kappa shape index (κ1) is 11.9. The van der Waals surface area contributed by atoms with Crippen molar-refractivity contribution in [3.8, 4) is 0 Å². The molecule has 0 unspecified atom stereocenters. The first-order valence-corrected chi connectivity index (χ1v) is 6.00. The van der Waals surface area contributed by atoms with Crippen LogP contribution in [0.2, 0.25) is 0 Å². The Morgan fingerprint density at radius 3 is 2.71 bits per heavy atom. The molecular formula is C15H19NO. The maximum Gasteiger partial charge on any atom is 0.120 e. The summed E-state index contributed by atoms with van der Waals surface area (Å²) in [4.78, 5) is 0. The fourth-order valence-electron chi connectivity index (χ4n) is 1.89. The summed E-state index contributed by atoms with van der Waals surface area (Å²) in [6.07, 6.45) is 1.74. The molecule has 17 heavy (non-hydrogen) atoms. The Balaban J connectivity index is 1.98. The summed E-state index contributed by atoms with van der Waals surface area (Å²) in [6.45, 7) is 7.13. The second kappa shape index (κ2) is 5.19. The fraction of sp³-hybridized carbons (Fsp3) is 0.333. The van der Waals surface area contributed by atoms with E-state index in [9.17, 15) is 0 Å². The van der Waals surface area contributed by atoms with Crippen molar-refractivity contribution < 1.29 is 4.42 Å². The van der Waals surface area contributed by atoms with Gasteiger partial charge in [-0.05, 0) is 38.0 Å². The molecule has 1 atom stereocenters. The number of hydrogen-bond donors (Lipinski definition) is 1. The van der Waals surface area contributed by atoms with Gasteiger partial charge in [0.25, 0.3) is 0 Å². The lowest BCUT2D eigenvalue weighted by Gasteiger charge is -2.14. The van der Waals surface area contributed by atoms with E-state index in [-0.39, 0.29) is 0 Å². The van der Waals surface area contributed by atoms with Crippen molar-refractivity contribution in [1.29, 1.82) is 0 Å². The van der Waals surface area contributed by atoms with Crippen LogP contribution in [-0.4, -0.2) is 0 Å². The van der Waals surface area contributed by atoms with Crippen molar-refractivity contribution >= 4 is 0 Å². The van der Waals surface area contributed by atoms with Crippen LogP contribution in [0.3, 0.4) is 0 Å². The highest BCUT2D eigenvalue weighted by Gasteiger charge is 2.07. The third-order valence-electron chi connectivity index (χ3n) is 3.08. The van der Waals surface area contributed by atoms with Crippen LogP contribution in [0.5, 0.6) is 0 Å². The zero-order valence-electron chi connectivity index (χ0n) is 10.7. The standard InChI is InChI=1S/C15H19NO/c1-11-5-4-6-14(9-11)13(3)16-10-15-12(2)7-8-17-15/h4-9,13,16H,10H2,1-3H3/t13-/m0/s1. The Labute approximate surface area is 103 Å². The van der Waals surface area contributed by atoms with Gasteiger partial charge in [0.1, 0.15) is 5.76 Å². The Bertz CT molecular complexity index is 487. The van der Waals surface area contributed by atoms with Gasteiger partial charge >= 0.3 is 0 Å². The van der Waals surface area contributed by atoms with E-state index in [1.807, 2.05) is 6.07 Å². The molecular weight excluding hydrogens is 210 g/mol. The van der Waals surface area contributed by atoms with Gasteiger partial charge < -0.3 is 9.73 Å². The van der Waals surface area contributed by atoms with Crippen LogP contribution in [-0.2, 0) is 6.54 Å². The molecule has 1 heterocycles. The molecule has 90 valence electrons. The van der Waals surface area contributed by atoms with Crippen molar-refractivity contribution in [1.82, 2.24) is 5.32 Å². The van der Waals surface area contributed by atoms with Crippen molar-refractivity contribution in [2.75, 3.05) is 0 Å². The molecule has 0 aliphatic heterocycles. The van der Waals surface area contributed by atoms with E-state index in [0.29, 0.717) is 6.04 Å². The Kier molecular flexibility index (Phi) is 3.64. The number of aryl methyl sites for hydroxylation is 2. The molecule has 0 radical (unpaired) electrons. The number of nitrogens with one attached hydrogen (secondary N) is 1. The summed E-state index contributed by atoms with van der Waals surface area (Å²) in [5.74, 6) is 1.02. The number of rotatable bonds is 4. The van der Waals surface area contributed by atoms with E-state index in [0.717, 1.165) is 12.3 Å². The van der Waals surface area contributed by atoms with E-state index < -0.39 is 0 Å². The smallest absolute Gasteiger partial charge is 0.120 e. The maximum atomic E-state index is 5.41. The Morgan fingerprint density at radius 2 is 2.06 bits per heavy atom. The van der Waals surface area contributed by atoms with E-state index in [2.05, 4.69) is 50.4 Å². The zero-order chi connectivity index (χ0) is 12.3. The molecule has 0 saturated heterocycles. The molecule has 0 fully saturated rings. The lowest BCUT2D eigenvalue weighted by Crippen LogP contribution is -2.18. The average Bonchev–Trinajstić information content (AvgIpc) is 2.72.